The lowest BCUT2D eigenvalue weighted by Gasteiger charge is -2.11. The molecule has 0 spiro atoms. The summed E-state index contributed by atoms with van der Waals surface area (Å²) >= 11 is 3.51. The molecule has 0 aromatic heterocycles. The van der Waals surface area contributed by atoms with Crippen molar-refractivity contribution in [2.75, 3.05) is 5.32 Å². The molecule has 4 nitrogen and oxygen atoms in total. The van der Waals surface area contributed by atoms with Crippen molar-refractivity contribution in [1.29, 1.82) is 5.26 Å². The molecule has 1 N–H and O–H groups in total. The standard InChI is InChI=1S/C27H18BrFN2O2/c28-25-15-18(14-21(16-30)27(32)31-23-11-9-22(29)10-12-23)8-13-26(25)33-17-20-6-3-5-19-4-1-2-7-24(19)20/h1-15H,17H2,(H,31,32)/b21-14+. The molecule has 4 aromatic carbocycles. The number of ether oxygens (including phenoxy) is 1. The van der Waals surface area contributed by atoms with Gasteiger partial charge in [-0.15, -0.1) is 0 Å². The second kappa shape index (κ2) is 10.1. The number of nitrogens with one attached hydrogen (secondary N) is 1. The Hall–Kier alpha value is -3.95. The van der Waals surface area contributed by atoms with Gasteiger partial charge in [-0.3, -0.25) is 4.79 Å². The summed E-state index contributed by atoms with van der Waals surface area (Å²) in [6, 6.07) is 26.8. The first-order valence-electron chi connectivity index (χ1n) is 10.1. The van der Waals surface area contributed by atoms with Gasteiger partial charge in [-0.25, -0.2) is 4.39 Å². The maximum atomic E-state index is 13.0. The maximum Gasteiger partial charge on any atom is 0.266 e. The summed E-state index contributed by atoms with van der Waals surface area (Å²) in [6.07, 6.45) is 1.48. The molecular formula is C27H18BrFN2O2. The Balaban J connectivity index is 1.48. The van der Waals surface area contributed by atoms with Gasteiger partial charge in [-0.1, -0.05) is 48.5 Å². The second-order valence-corrected chi connectivity index (χ2v) is 8.10. The molecule has 4 aromatic rings. The van der Waals surface area contributed by atoms with E-state index in [1.807, 2.05) is 30.3 Å². The van der Waals surface area contributed by atoms with E-state index in [0.717, 1.165) is 16.3 Å². The van der Waals surface area contributed by atoms with E-state index in [9.17, 15) is 14.4 Å². The van der Waals surface area contributed by atoms with Gasteiger partial charge in [0.2, 0.25) is 0 Å². The number of rotatable bonds is 6. The van der Waals surface area contributed by atoms with Gasteiger partial charge in [0.25, 0.3) is 5.91 Å². The molecule has 33 heavy (non-hydrogen) atoms. The van der Waals surface area contributed by atoms with E-state index in [1.165, 1.54) is 30.3 Å². The summed E-state index contributed by atoms with van der Waals surface area (Å²) in [4.78, 5) is 12.4. The highest BCUT2D eigenvalue weighted by Crippen LogP contribution is 2.29. The molecule has 0 aliphatic rings. The lowest BCUT2D eigenvalue weighted by atomic mass is 10.1. The van der Waals surface area contributed by atoms with Crippen molar-refractivity contribution in [3.63, 3.8) is 0 Å². The summed E-state index contributed by atoms with van der Waals surface area (Å²) in [5.74, 6) is -0.331. The molecular weight excluding hydrogens is 483 g/mol. The van der Waals surface area contributed by atoms with Crippen LogP contribution in [0.15, 0.2) is 95.0 Å². The number of hydrogen-bond donors (Lipinski definition) is 1. The minimum Gasteiger partial charge on any atom is -0.488 e. The van der Waals surface area contributed by atoms with Crippen molar-refractivity contribution >= 4 is 44.4 Å². The summed E-state index contributed by atoms with van der Waals surface area (Å²) in [5, 5.41) is 14.3. The Morgan fingerprint density at radius 1 is 1.03 bits per heavy atom. The Morgan fingerprint density at radius 2 is 1.79 bits per heavy atom. The van der Waals surface area contributed by atoms with Crippen molar-refractivity contribution in [1.82, 2.24) is 0 Å². The van der Waals surface area contributed by atoms with Crippen LogP contribution in [0.1, 0.15) is 11.1 Å². The fourth-order valence-electron chi connectivity index (χ4n) is 3.34. The molecule has 0 aliphatic carbocycles. The van der Waals surface area contributed by atoms with Gasteiger partial charge in [-0.05, 0) is 80.3 Å². The third-order valence-electron chi connectivity index (χ3n) is 5.00. The largest absolute Gasteiger partial charge is 0.488 e. The van der Waals surface area contributed by atoms with Crippen LogP contribution in [0.25, 0.3) is 16.8 Å². The number of carbonyl (C=O) groups excluding carboxylic acids is 1. The zero-order valence-corrected chi connectivity index (χ0v) is 19.0. The quantitative estimate of drug-likeness (QED) is 0.232. The lowest BCUT2D eigenvalue weighted by Crippen LogP contribution is -2.13. The highest BCUT2D eigenvalue weighted by atomic mass is 79.9. The summed E-state index contributed by atoms with van der Waals surface area (Å²) < 4.78 is 19.7. The van der Waals surface area contributed by atoms with E-state index >= 15 is 0 Å². The molecule has 0 saturated carbocycles. The van der Waals surface area contributed by atoms with Crippen LogP contribution in [-0.2, 0) is 11.4 Å². The minimum atomic E-state index is -0.573. The second-order valence-electron chi connectivity index (χ2n) is 7.25. The first-order chi connectivity index (χ1) is 16.0. The number of carbonyl (C=O) groups is 1. The number of halogens is 2. The van der Waals surface area contributed by atoms with Gasteiger partial charge in [0.05, 0.1) is 4.47 Å². The van der Waals surface area contributed by atoms with Crippen molar-refractivity contribution in [3.05, 3.63) is 112 Å². The van der Waals surface area contributed by atoms with Crippen LogP contribution in [0.4, 0.5) is 10.1 Å². The monoisotopic (exact) mass is 500 g/mol. The van der Waals surface area contributed by atoms with Gasteiger partial charge in [0.1, 0.15) is 29.8 Å². The van der Waals surface area contributed by atoms with Crippen LogP contribution < -0.4 is 10.1 Å². The number of benzene rings is 4. The minimum absolute atomic E-state index is 0.0735. The van der Waals surface area contributed by atoms with Crippen LogP contribution >= 0.6 is 15.9 Å². The predicted octanol–water partition coefficient (Wildman–Crippen LogP) is 6.87. The van der Waals surface area contributed by atoms with Crippen molar-refractivity contribution in [2.45, 2.75) is 6.61 Å². The molecule has 0 unspecified atom stereocenters. The molecule has 0 radical (unpaired) electrons. The average Bonchev–Trinajstić information content (AvgIpc) is 2.83. The van der Waals surface area contributed by atoms with Crippen LogP contribution in [-0.4, -0.2) is 5.91 Å². The number of nitriles is 1. The van der Waals surface area contributed by atoms with E-state index < -0.39 is 11.7 Å². The van der Waals surface area contributed by atoms with Crippen LogP contribution in [0, 0.1) is 17.1 Å². The van der Waals surface area contributed by atoms with Gasteiger partial charge in [0.15, 0.2) is 0 Å². The molecule has 0 saturated heterocycles. The highest BCUT2D eigenvalue weighted by molar-refractivity contribution is 9.10. The van der Waals surface area contributed by atoms with Crippen LogP contribution in [0.5, 0.6) is 5.75 Å². The average molecular weight is 501 g/mol. The summed E-state index contributed by atoms with van der Waals surface area (Å²) in [5.41, 5.74) is 2.06. The Kier molecular flexibility index (Phi) is 6.82. The molecule has 0 aliphatic heterocycles. The van der Waals surface area contributed by atoms with E-state index in [-0.39, 0.29) is 5.57 Å². The maximum absolute atomic E-state index is 13.0. The SMILES string of the molecule is N#C/C(=C\c1ccc(OCc2cccc3ccccc23)c(Br)c1)C(=O)Nc1ccc(F)cc1. The Labute approximate surface area is 199 Å². The number of fused-ring (bicyclic) bond motifs is 1. The highest BCUT2D eigenvalue weighted by Gasteiger charge is 2.11. The number of hydrogen-bond acceptors (Lipinski definition) is 3. The third kappa shape index (κ3) is 5.46. The summed E-state index contributed by atoms with van der Waals surface area (Å²) in [6.45, 7) is 0.401. The van der Waals surface area contributed by atoms with E-state index in [2.05, 4.69) is 39.4 Å². The van der Waals surface area contributed by atoms with Gasteiger partial charge in [-0.2, -0.15) is 5.26 Å². The summed E-state index contributed by atoms with van der Waals surface area (Å²) in [7, 11) is 0. The number of anilines is 1. The smallest absolute Gasteiger partial charge is 0.266 e. The van der Waals surface area contributed by atoms with E-state index in [4.69, 9.17) is 4.74 Å². The molecule has 0 heterocycles. The van der Waals surface area contributed by atoms with Crippen molar-refractivity contribution < 1.29 is 13.9 Å². The van der Waals surface area contributed by atoms with Gasteiger partial charge in [0, 0.05) is 5.69 Å². The zero-order chi connectivity index (χ0) is 23.2. The number of nitrogens with zero attached hydrogens (tertiary/aromatic N) is 1. The van der Waals surface area contributed by atoms with Crippen molar-refractivity contribution in [3.8, 4) is 11.8 Å². The molecule has 0 atom stereocenters. The molecule has 0 fully saturated rings. The fourth-order valence-corrected chi connectivity index (χ4v) is 3.86. The molecule has 6 heteroatoms. The molecule has 0 bridgehead atoms. The van der Waals surface area contributed by atoms with E-state index in [0.29, 0.717) is 28.1 Å². The van der Waals surface area contributed by atoms with Crippen LogP contribution in [0.2, 0.25) is 0 Å². The number of amides is 1. The molecule has 162 valence electrons. The van der Waals surface area contributed by atoms with Gasteiger partial charge < -0.3 is 10.1 Å². The molecule has 4 rings (SSSR count). The zero-order valence-electron chi connectivity index (χ0n) is 17.4. The first-order valence-corrected chi connectivity index (χ1v) is 10.9. The Bertz CT molecular complexity index is 1390. The topological polar surface area (TPSA) is 62.1 Å². The predicted molar refractivity (Wildman–Crippen MR) is 131 cm³/mol. The van der Waals surface area contributed by atoms with E-state index in [1.54, 1.807) is 18.2 Å². The van der Waals surface area contributed by atoms with Gasteiger partial charge >= 0.3 is 0 Å². The Morgan fingerprint density at radius 3 is 2.55 bits per heavy atom. The first kappa shape index (κ1) is 22.3. The normalized spacial score (nSPS) is 11.1. The molecule has 1 amide bonds. The van der Waals surface area contributed by atoms with Crippen LogP contribution in [0.3, 0.4) is 0 Å². The lowest BCUT2D eigenvalue weighted by molar-refractivity contribution is -0.112. The third-order valence-corrected chi connectivity index (χ3v) is 5.62. The van der Waals surface area contributed by atoms with Crippen molar-refractivity contribution in [2.24, 2.45) is 0 Å². The fraction of sp³-hybridized carbons (Fsp3) is 0.0370.